The fourth-order valence-corrected chi connectivity index (χ4v) is 1.64. The lowest BCUT2D eigenvalue weighted by Crippen LogP contribution is -2.30. The third-order valence-corrected chi connectivity index (χ3v) is 2.68. The predicted molar refractivity (Wildman–Crippen MR) is 64.4 cm³/mol. The van der Waals surface area contributed by atoms with Gasteiger partial charge in [-0.2, -0.15) is 13.2 Å². The minimum atomic E-state index is -4.80. The highest BCUT2D eigenvalue weighted by atomic mass is 19.4. The molecule has 0 saturated heterocycles. The first-order chi connectivity index (χ1) is 9.72. The van der Waals surface area contributed by atoms with E-state index in [1.54, 1.807) is 0 Å². The summed E-state index contributed by atoms with van der Waals surface area (Å²) in [5.41, 5.74) is -2.22. The lowest BCUT2D eigenvalue weighted by Gasteiger charge is -2.18. The summed E-state index contributed by atoms with van der Waals surface area (Å²) in [5.74, 6) is -1.15. The summed E-state index contributed by atoms with van der Waals surface area (Å²) in [6, 6.07) is 2.38. The highest BCUT2D eigenvalue weighted by Crippen LogP contribution is 2.33. The van der Waals surface area contributed by atoms with Crippen LogP contribution in [0, 0.1) is 0 Å². The minimum Gasteiger partial charge on any atom is -0.464 e. The second kappa shape index (κ2) is 6.68. The van der Waals surface area contributed by atoms with Gasteiger partial charge in [0.15, 0.2) is 12.4 Å². The summed E-state index contributed by atoms with van der Waals surface area (Å²) in [6.45, 7) is 1.41. The molecule has 5 nitrogen and oxygen atoms in total. The fourth-order valence-electron chi connectivity index (χ4n) is 1.64. The van der Waals surface area contributed by atoms with Crippen LogP contribution in [0.25, 0.3) is 0 Å². The van der Waals surface area contributed by atoms with Crippen LogP contribution in [0.1, 0.15) is 34.5 Å². The Balaban J connectivity index is 3.14. The molecule has 1 aromatic carbocycles. The number of benzene rings is 1. The van der Waals surface area contributed by atoms with E-state index in [4.69, 9.17) is 0 Å². The highest BCUT2D eigenvalue weighted by molar-refractivity contribution is 5.78. The molecule has 0 aromatic heterocycles. The van der Waals surface area contributed by atoms with Crippen molar-refractivity contribution in [2.24, 2.45) is 0 Å². The molecule has 0 heterocycles. The number of aldehydes is 1. The van der Waals surface area contributed by atoms with Crippen LogP contribution in [0.3, 0.4) is 0 Å². The number of rotatable bonds is 5. The first-order valence-electron chi connectivity index (χ1n) is 5.91. The monoisotopic (exact) mass is 306 g/mol. The van der Waals surface area contributed by atoms with Gasteiger partial charge < -0.3 is 14.9 Å². The summed E-state index contributed by atoms with van der Waals surface area (Å²) < 4.78 is 42.8. The van der Waals surface area contributed by atoms with Crippen LogP contribution >= 0.6 is 0 Å². The van der Waals surface area contributed by atoms with Crippen molar-refractivity contribution >= 4 is 12.3 Å². The lowest BCUT2D eigenvalue weighted by atomic mass is 9.98. The van der Waals surface area contributed by atoms with Gasteiger partial charge in [0.1, 0.15) is 6.10 Å². The molecule has 2 unspecified atom stereocenters. The summed E-state index contributed by atoms with van der Waals surface area (Å²) in [4.78, 5) is 21.8. The first-order valence-corrected chi connectivity index (χ1v) is 5.91. The van der Waals surface area contributed by atoms with Crippen molar-refractivity contribution in [1.82, 2.24) is 0 Å². The Morgan fingerprint density at radius 1 is 1.38 bits per heavy atom. The molecule has 8 heteroatoms. The SMILES string of the molecule is CCOC(=O)C(O)C(O)c1ccc(C=O)c(C(F)(F)F)c1. The molecule has 0 radical (unpaired) electrons. The highest BCUT2D eigenvalue weighted by Gasteiger charge is 2.35. The van der Waals surface area contributed by atoms with Crippen LogP contribution in [0.15, 0.2) is 18.2 Å². The van der Waals surface area contributed by atoms with E-state index in [2.05, 4.69) is 4.74 Å². The molecule has 0 saturated carbocycles. The molecule has 2 atom stereocenters. The minimum absolute atomic E-state index is 0.0285. The number of esters is 1. The smallest absolute Gasteiger partial charge is 0.417 e. The van der Waals surface area contributed by atoms with Gasteiger partial charge in [-0.3, -0.25) is 4.79 Å². The van der Waals surface area contributed by atoms with Gasteiger partial charge in [0.25, 0.3) is 0 Å². The third kappa shape index (κ3) is 4.02. The molecule has 0 fully saturated rings. The van der Waals surface area contributed by atoms with Crippen LogP contribution in [-0.2, 0) is 15.7 Å². The maximum Gasteiger partial charge on any atom is 0.417 e. The number of hydrogen-bond donors (Lipinski definition) is 2. The molecule has 0 spiro atoms. The van der Waals surface area contributed by atoms with Gasteiger partial charge in [-0.05, 0) is 18.6 Å². The third-order valence-electron chi connectivity index (χ3n) is 2.68. The van der Waals surface area contributed by atoms with E-state index in [1.807, 2.05) is 0 Å². The molecule has 2 N–H and O–H groups in total. The predicted octanol–water partition coefficient (Wildman–Crippen LogP) is 1.48. The zero-order valence-corrected chi connectivity index (χ0v) is 10.9. The number of ether oxygens (including phenoxy) is 1. The number of aliphatic hydroxyl groups excluding tert-OH is 2. The van der Waals surface area contributed by atoms with Crippen molar-refractivity contribution in [3.63, 3.8) is 0 Å². The van der Waals surface area contributed by atoms with E-state index >= 15 is 0 Å². The van der Waals surface area contributed by atoms with Crippen molar-refractivity contribution in [2.45, 2.75) is 25.3 Å². The van der Waals surface area contributed by atoms with Gasteiger partial charge in [0.2, 0.25) is 0 Å². The molecule has 21 heavy (non-hydrogen) atoms. The van der Waals surface area contributed by atoms with Crippen LogP contribution in [0.5, 0.6) is 0 Å². The summed E-state index contributed by atoms with van der Waals surface area (Å²) >= 11 is 0. The summed E-state index contributed by atoms with van der Waals surface area (Å²) in [6.07, 6.45) is -8.69. The first kappa shape index (κ1) is 17.1. The molecular formula is C13H13F3O5. The van der Waals surface area contributed by atoms with Crippen molar-refractivity contribution in [2.75, 3.05) is 6.61 Å². The Hall–Kier alpha value is -1.93. The number of hydrogen-bond acceptors (Lipinski definition) is 5. The van der Waals surface area contributed by atoms with Gasteiger partial charge in [0.05, 0.1) is 12.2 Å². The quantitative estimate of drug-likeness (QED) is 0.636. The van der Waals surface area contributed by atoms with Crippen molar-refractivity contribution < 1.29 is 37.7 Å². The van der Waals surface area contributed by atoms with Crippen LogP contribution in [0.4, 0.5) is 13.2 Å². The number of halogens is 3. The molecule has 116 valence electrons. The average molecular weight is 306 g/mol. The van der Waals surface area contributed by atoms with Crippen LogP contribution in [-0.4, -0.2) is 35.2 Å². The van der Waals surface area contributed by atoms with E-state index < -0.39 is 35.5 Å². The molecule has 0 bridgehead atoms. The Morgan fingerprint density at radius 3 is 2.48 bits per heavy atom. The molecule has 0 aliphatic heterocycles. The van der Waals surface area contributed by atoms with Gasteiger partial charge >= 0.3 is 12.1 Å². The summed E-state index contributed by atoms with van der Waals surface area (Å²) in [5, 5.41) is 19.2. The lowest BCUT2D eigenvalue weighted by molar-refractivity contribution is -0.159. The van der Waals surface area contributed by atoms with Crippen LogP contribution in [0.2, 0.25) is 0 Å². The van der Waals surface area contributed by atoms with Crippen molar-refractivity contribution in [1.29, 1.82) is 0 Å². The molecular weight excluding hydrogens is 293 g/mol. The second-order valence-electron chi connectivity index (χ2n) is 4.10. The molecule has 1 aromatic rings. The second-order valence-corrected chi connectivity index (χ2v) is 4.10. The Kier molecular flexibility index (Phi) is 5.45. The van der Waals surface area contributed by atoms with Crippen molar-refractivity contribution in [3.05, 3.63) is 34.9 Å². The van der Waals surface area contributed by atoms with E-state index in [0.717, 1.165) is 12.1 Å². The topological polar surface area (TPSA) is 83.8 Å². The largest absolute Gasteiger partial charge is 0.464 e. The molecule has 0 aliphatic carbocycles. The maximum absolute atomic E-state index is 12.8. The Morgan fingerprint density at radius 2 is 2.00 bits per heavy atom. The van der Waals surface area contributed by atoms with Gasteiger partial charge in [-0.25, -0.2) is 4.79 Å². The van der Waals surface area contributed by atoms with Gasteiger partial charge in [-0.15, -0.1) is 0 Å². The number of carbonyl (C=O) groups excluding carboxylic acids is 2. The average Bonchev–Trinajstić information content (AvgIpc) is 2.44. The molecule has 0 amide bonds. The van der Waals surface area contributed by atoms with E-state index in [0.29, 0.717) is 6.07 Å². The maximum atomic E-state index is 12.8. The zero-order valence-electron chi connectivity index (χ0n) is 10.9. The van der Waals surface area contributed by atoms with Crippen molar-refractivity contribution in [3.8, 4) is 0 Å². The number of aliphatic hydroxyl groups is 2. The van der Waals surface area contributed by atoms with E-state index in [9.17, 15) is 33.0 Å². The van der Waals surface area contributed by atoms with Gasteiger partial charge in [0, 0.05) is 5.56 Å². The molecule has 0 aliphatic rings. The Bertz CT molecular complexity index is 527. The molecule has 1 rings (SSSR count). The van der Waals surface area contributed by atoms with E-state index in [-0.39, 0.29) is 18.5 Å². The fraction of sp³-hybridized carbons (Fsp3) is 0.385. The zero-order chi connectivity index (χ0) is 16.2. The normalized spacial score (nSPS) is 14.4. The number of alkyl halides is 3. The van der Waals surface area contributed by atoms with Crippen LogP contribution < -0.4 is 0 Å². The Labute approximate surface area is 118 Å². The standard InChI is InChI=1S/C13H13F3O5/c1-2-21-12(20)11(19)10(18)7-3-4-8(6-17)9(5-7)13(14,15)16/h3-6,10-11,18-19H,2H2,1H3. The number of carbonyl (C=O) groups is 2. The summed E-state index contributed by atoms with van der Waals surface area (Å²) in [7, 11) is 0. The van der Waals surface area contributed by atoms with Gasteiger partial charge in [-0.1, -0.05) is 12.1 Å². The van der Waals surface area contributed by atoms with E-state index in [1.165, 1.54) is 6.92 Å².